The molecule has 0 aromatic heterocycles. The molecule has 1 fully saturated rings. The fourth-order valence-corrected chi connectivity index (χ4v) is 3.51. The summed E-state index contributed by atoms with van der Waals surface area (Å²) in [6.45, 7) is 2.82. The number of thioether (sulfide) groups is 1. The van der Waals surface area contributed by atoms with Crippen LogP contribution in [0.3, 0.4) is 0 Å². The van der Waals surface area contributed by atoms with E-state index in [1.807, 2.05) is 17.8 Å². The van der Waals surface area contributed by atoms with Crippen molar-refractivity contribution in [2.75, 3.05) is 43.1 Å². The highest BCUT2D eigenvalue weighted by Crippen LogP contribution is 2.11. The lowest BCUT2D eigenvalue weighted by atomic mass is 10.2. The minimum Gasteiger partial charge on any atom is -0.375 e. The van der Waals surface area contributed by atoms with E-state index in [-0.39, 0.29) is 30.7 Å². The van der Waals surface area contributed by atoms with Crippen LogP contribution in [0, 0.1) is 0 Å². The lowest BCUT2D eigenvalue weighted by Crippen LogP contribution is -2.41. The van der Waals surface area contributed by atoms with Crippen molar-refractivity contribution in [3.63, 3.8) is 0 Å². The summed E-state index contributed by atoms with van der Waals surface area (Å²) in [5.41, 5.74) is 1.24. The summed E-state index contributed by atoms with van der Waals surface area (Å²) in [4.78, 5) is 14.1. The van der Waals surface area contributed by atoms with Gasteiger partial charge in [-0.1, -0.05) is 18.2 Å². The van der Waals surface area contributed by atoms with E-state index in [1.165, 1.54) is 5.69 Å². The van der Waals surface area contributed by atoms with Crippen molar-refractivity contribution >= 4 is 48.2 Å². The fraction of sp³-hybridized carbons (Fsp3) is 0.588. The lowest BCUT2D eigenvalue weighted by molar-refractivity contribution is -0.121. The molecule has 24 heavy (non-hydrogen) atoms. The number of carbonyl (C=O) groups excluding carboxylic acids is 1. The molecule has 0 aliphatic carbocycles. The molecule has 1 saturated heterocycles. The number of carbonyl (C=O) groups is 1. The molecule has 1 heterocycles. The number of benzene rings is 1. The predicted octanol–water partition coefficient (Wildman–Crippen LogP) is 2.96. The van der Waals surface area contributed by atoms with Gasteiger partial charge in [-0.15, -0.1) is 24.8 Å². The summed E-state index contributed by atoms with van der Waals surface area (Å²) in [7, 11) is 2.11. The third kappa shape index (κ3) is 9.02. The van der Waals surface area contributed by atoms with E-state index in [0.29, 0.717) is 12.5 Å². The summed E-state index contributed by atoms with van der Waals surface area (Å²) in [6, 6.07) is 10.7. The van der Waals surface area contributed by atoms with Crippen LogP contribution in [-0.2, 0) is 4.79 Å². The Bertz CT molecular complexity index is 445. The molecule has 7 heteroatoms. The highest BCUT2D eigenvalue weighted by Gasteiger charge is 2.16. The van der Waals surface area contributed by atoms with Gasteiger partial charge in [0.25, 0.3) is 0 Å². The predicted molar refractivity (Wildman–Crippen MR) is 110 cm³/mol. The fourth-order valence-electron chi connectivity index (χ4n) is 2.56. The number of unbranched alkanes of at least 4 members (excludes halogenated alkanes) is 1. The molecule has 0 saturated carbocycles. The molecule has 1 amide bonds. The van der Waals surface area contributed by atoms with E-state index in [1.54, 1.807) is 0 Å². The quantitative estimate of drug-likeness (QED) is 0.666. The normalized spacial score (nSPS) is 16.5. The molecule has 0 radical (unpaired) electrons. The molecule has 0 spiro atoms. The molecule has 1 aromatic rings. The van der Waals surface area contributed by atoms with E-state index >= 15 is 0 Å². The van der Waals surface area contributed by atoms with Crippen molar-refractivity contribution in [3.8, 4) is 0 Å². The number of nitrogens with zero attached hydrogens (tertiary/aromatic N) is 1. The third-order valence-electron chi connectivity index (χ3n) is 3.87. The number of amides is 1. The number of rotatable bonds is 8. The topological polar surface area (TPSA) is 44.4 Å². The van der Waals surface area contributed by atoms with E-state index < -0.39 is 0 Å². The van der Waals surface area contributed by atoms with Crippen LogP contribution in [0.15, 0.2) is 30.3 Å². The van der Waals surface area contributed by atoms with Gasteiger partial charge >= 0.3 is 0 Å². The Morgan fingerprint density at radius 1 is 1.29 bits per heavy atom. The summed E-state index contributed by atoms with van der Waals surface area (Å²) in [5, 5.41) is 6.43. The molecule has 4 nitrogen and oxygen atoms in total. The smallest absolute Gasteiger partial charge is 0.221 e. The molecule has 1 unspecified atom stereocenters. The van der Waals surface area contributed by atoms with E-state index in [9.17, 15) is 4.79 Å². The maximum Gasteiger partial charge on any atom is 0.221 e. The standard InChI is InChI=1S/C17H27N3OS.2ClH/c1-20(16-7-3-2-4-8-16)11-6-5-9-19-17(21)13-15-14-22-12-10-18-15;;/h2-4,7-8,15,18H,5-6,9-14H2,1H3,(H,19,21);2*1H. The summed E-state index contributed by atoms with van der Waals surface area (Å²) in [6.07, 6.45) is 2.72. The molecule has 1 aliphatic heterocycles. The molecular formula is C17H29Cl2N3OS. The van der Waals surface area contributed by atoms with Gasteiger partial charge in [-0.2, -0.15) is 11.8 Å². The van der Waals surface area contributed by atoms with Gasteiger partial charge in [0.05, 0.1) is 0 Å². The van der Waals surface area contributed by atoms with Crippen LogP contribution in [0.1, 0.15) is 19.3 Å². The van der Waals surface area contributed by atoms with Crippen molar-refractivity contribution in [1.82, 2.24) is 10.6 Å². The van der Waals surface area contributed by atoms with Gasteiger partial charge in [0.1, 0.15) is 0 Å². The molecule has 1 aromatic carbocycles. The monoisotopic (exact) mass is 393 g/mol. The van der Waals surface area contributed by atoms with Crippen molar-refractivity contribution < 1.29 is 4.79 Å². The Morgan fingerprint density at radius 2 is 2.04 bits per heavy atom. The minimum absolute atomic E-state index is 0. The molecule has 0 bridgehead atoms. The third-order valence-corrected chi connectivity index (χ3v) is 5.00. The zero-order valence-corrected chi connectivity index (χ0v) is 16.7. The zero-order valence-electron chi connectivity index (χ0n) is 14.2. The second kappa shape index (κ2) is 13.6. The molecule has 1 aliphatic rings. The second-order valence-electron chi connectivity index (χ2n) is 5.74. The largest absolute Gasteiger partial charge is 0.375 e. The van der Waals surface area contributed by atoms with Crippen LogP contribution in [0.2, 0.25) is 0 Å². The molecule has 2 rings (SSSR count). The highest BCUT2D eigenvalue weighted by atomic mass is 35.5. The van der Waals surface area contributed by atoms with Gasteiger partial charge in [0.2, 0.25) is 5.91 Å². The van der Waals surface area contributed by atoms with Crippen molar-refractivity contribution in [2.45, 2.75) is 25.3 Å². The van der Waals surface area contributed by atoms with Gasteiger partial charge in [-0.25, -0.2) is 0 Å². The minimum atomic E-state index is 0. The maximum atomic E-state index is 11.9. The Balaban J connectivity index is 0.00000264. The molecule has 2 N–H and O–H groups in total. The number of halogens is 2. The van der Waals surface area contributed by atoms with Gasteiger partial charge in [-0.3, -0.25) is 4.79 Å². The van der Waals surface area contributed by atoms with Crippen LogP contribution >= 0.6 is 36.6 Å². The number of para-hydroxylation sites is 1. The van der Waals surface area contributed by atoms with E-state index in [2.05, 4.69) is 46.8 Å². The Hall–Kier alpha value is -0.620. The first-order valence-corrected chi connectivity index (χ1v) is 9.25. The van der Waals surface area contributed by atoms with Crippen LogP contribution in [-0.4, -0.2) is 50.1 Å². The van der Waals surface area contributed by atoms with Crippen LogP contribution < -0.4 is 15.5 Å². The van der Waals surface area contributed by atoms with Crippen molar-refractivity contribution in [3.05, 3.63) is 30.3 Å². The first-order valence-electron chi connectivity index (χ1n) is 8.10. The molecule has 138 valence electrons. The van der Waals surface area contributed by atoms with Gasteiger partial charge in [-0.05, 0) is 25.0 Å². The van der Waals surface area contributed by atoms with Crippen molar-refractivity contribution in [2.24, 2.45) is 0 Å². The number of hydrogen-bond acceptors (Lipinski definition) is 4. The first-order chi connectivity index (χ1) is 10.8. The van der Waals surface area contributed by atoms with Gasteiger partial charge in [0, 0.05) is 56.3 Å². The number of hydrogen-bond donors (Lipinski definition) is 2. The molecular weight excluding hydrogens is 365 g/mol. The lowest BCUT2D eigenvalue weighted by Gasteiger charge is -2.22. The summed E-state index contributed by atoms with van der Waals surface area (Å²) >= 11 is 1.93. The van der Waals surface area contributed by atoms with Crippen LogP contribution in [0.4, 0.5) is 5.69 Å². The van der Waals surface area contributed by atoms with E-state index in [0.717, 1.165) is 44.0 Å². The summed E-state index contributed by atoms with van der Waals surface area (Å²) in [5.74, 6) is 2.39. The van der Waals surface area contributed by atoms with Gasteiger partial charge < -0.3 is 15.5 Å². The second-order valence-corrected chi connectivity index (χ2v) is 6.89. The Labute approximate surface area is 162 Å². The number of nitrogens with one attached hydrogen (secondary N) is 2. The van der Waals surface area contributed by atoms with Crippen LogP contribution in [0.25, 0.3) is 0 Å². The van der Waals surface area contributed by atoms with Crippen molar-refractivity contribution in [1.29, 1.82) is 0 Å². The molecule has 1 atom stereocenters. The van der Waals surface area contributed by atoms with E-state index in [4.69, 9.17) is 0 Å². The average Bonchev–Trinajstić information content (AvgIpc) is 2.56. The maximum absolute atomic E-state index is 11.9. The Morgan fingerprint density at radius 3 is 2.71 bits per heavy atom. The summed E-state index contributed by atoms with van der Waals surface area (Å²) < 4.78 is 0. The highest BCUT2D eigenvalue weighted by molar-refractivity contribution is 7.99. The van der Waals surface area contributed by atoms with Crippen LogP contribution in [0.5, 0.6) is 0 Å². The van der Waals surface area contributed by atoms with Gasteiger partial charge in [0.15, 0.2) is 0 Å². The first kappa shape index (κ1) is 23.4. The Kier molecular flexibility index (Phi) is 13.3. The SMILES string of the molecule is CN(CCCCNC(=O)CC1CSCCN1)c1ccccc1.Cl.Cl. The average molecular weight is 394 g/mol. The number of anilines is 1. The zero-order chi connectivity index (χ0) is 15.6.